The molecule has 0 atom stereocenters. The molecule has 0 spiro atoms. The number of amides is 1. The van der Waals surface area contributed by atoms with Crippen LogP contribution in [0.25, 0.3) is 16.7 Å². The molecule has 0 aliphatic carbocycles. The number of hydrogen-bond acceptors (Lipinski definition) is 3. The molecule has 5 nitrogen and oxygen atoms in total. The Morgan fingerprint density at radius 3 is 2.79 bits per heavy atom. The van der Waals surface area contributed by atoms with Gasteiger partial charge in [0.25, 0.3) is 5.91 Å². The van der Waals surface area contributed by atoms with Crippen molar-refractivity contribution in [1.82, 2.24) is 19.4 Å². The number of halogens is 1. The van der Waals surface area contributed by atoms with E-state index >= 15 is 0 Å². The molecule has 0 bridgehead atoms. The lowest BCUT2D eigenvalue weighted by atomic mass is 10.1. The van der Waals surface area contributed by atoms with Gasteiger partial charge >= 0.3 is 0 Å². The smallest absolute Gasteiger partial charge is 0.255 e. The van der Waals surface area contributed by atoms with Crippen LogP contribution in [0.15, 0.2) is 49.1 Å². The molecular formula is C18H17FN4O. The predicted molar refractivity (Wildman–Crippen MR) is 88.9 cm³/mol. The first-order valence-corrected chi connectivity index (χ1v) is 8.03. The maximum Gasteiger partial charge on any atom is 0.255 e. The van der Waals surface area contributed by atoms with Crippen molar-refractivity contribution >= 4 is 16.9 Å². The fraction of sp³-hybridized carbons (Fsp3) is 0.278. The number of rotatable bonds is 2. The van der Waals surface area contributed by atoms with Gasteiger partial charge in [0.2, 0.25) is 0 Å². The van der Waals surface area contributed by atoms with Crippen molar-refractivity contribution < 1.29 is 9.18 Å². The summed E-state index contributed by atoms with van der Waals surface area (Å²) in [7, 11) is 0. The third-order valence-corrected chi connectivity index (χ3v) is 4.41. The van der Waals surface area contributed by atoms with Crippen LogP contribution in [0.4, 0.5) is 4.39 Å². The van der Waals surface area contributed by atoms with Crippen LogP contribution in [0.2, 0.25) is 0 Å². The molecule has 122 valence electrons. The van der Waals surface area contributed by atoms with E-state index in [4.69, 9.17) is 0 Å². The van der Waals surface area contributed by atoms with Crippen molar-refractivity contribution in [1.29, 1.82) is 0 Å². The van der Waals surface area contributed by atoms with Gasteiger partial charge in [0.1, 0.15) is 11.8 Å². The summed E-state index contributed by atoms with van der Waals surface area (Å²) in [5.41, 5.74) is 2.25. The Morgan fingerprint density at radius 1 is 1.21 bits per heavy atom. The molecule has 0 N–H and O–H groups in total. The second kappa shape index (κ2) is 6.03. The van der Waals surface area contributed by atoms with Crippen molar-refractivity contribution in [2.75, 3.05) is 13.1 Å². The van der Waals surface area contributed by atoms with Gasteiger partial charge in [-0.2, -0.15) is 0 Å². The van der Waals surface area contributed by atoms with E-state index in [9.17, 15) is 9.18 Å². The Bertz CT molecular complexity index is 869. The van der Waals surface area contributed by atoms with Gasteiger partial charge in [0, 0.05) is 37.1 Å². The van der Waals surface area contributed by atoms with Crippen molar-refractivity contribution in [2.24, 2.45) is 0 Å². The van der Waals surface area contributed by atoms with Crippen LogP contribution in [0.5, 0.6) is 0 Å². The number of likely N-dealkylation sites (tertiary alicyclic amines) is 1. The van der Waals surface area contributed by atoms with Crippen LogP contribution in [-0.4, -0.2) is 44.6 Å². The second-order valence-corrected chi connectivity index (χ2v) is 6.00. The standard InChI is InChI=1S/C18H17FN4O/c19-15-4-7-22(8-5-15)18(24)14-10-13-3-9-23(17(13)21-11-14)16-2-1-6-20-12-16/h1-3,6,9-12,15H,4-5,7-8H2. The molecule has 1 saturated heterocycles. The summed E-state index contributed by atoms with van der Waals surface area (Å²) >= 11 is 0. The topological polar surface area (TPSA) is 51.0 Å². The first-order valence-electron chi connectivity index (χ1n) is 8.03. The number of carbonyl (C=O) groups excluding carboxylic acids is 1. The highest BCUT2D eigenvalue weighted by atomic mass is 19.1. The molecule has 4 heterocycles. The first kappa shape index (κ1) is 14.8. The van der Waals surface area contributed by atoms with E-state index in [1.807, 2.05) is 35.0 Å². The molecule has 0 aromatic carbocycles. The number of carbonyl (C=O) groups is 1. The number of fused-ring (bicyclic) bond motifs is 1. The second-order valence-electron chi connectivity index (χ2n) is 6.00. The largest absolute Gasteiger partial charge is 0.338 e. The number of hydrogen-bond donors (Lipinski definition) is 0. The average Bonchev–Trinajstić information content (AvgIpc) is 3.05. The van der Waals surface area contributed by atoms with E-state index in [1.54, 1.807) is 23.5 Å². The number of nitrogens with zero attached hydrogens (tertiary/aromatic N) is 4. The maximum absolute atomic E-state index is 13.2. The number of aromatic nitrogens is 3. The highest BCUT2D eigenvalue weighted by Crippen LogP contribution is 2.21. The molecule has 1 fully saturated rings. The lowest BCUT2D eigenvalue weighted by Crippen LogP contribution is -2.39. The zero-order valence-electron chi connectivity index (χ0n) is 13.1. The first-order chi connectivity index (χ1) is 11.7. The van der Waals surface area contributed by atoms with Crippen LogP contribution >= 0.6 is 0 Å². The monoisotopic (exact) mass is 324 g/mol. The zero-order valence-corrected chi connectivity index (χ0v) is 13.1. The molecule has 1 amide bonds. The highest BCUT2D eigenvalue weighted by Gasteiger charge is 2.23. The third-order valence-electron chi connectivity index (χ3n) is 4.41. The van der Waals surface area contributed by atoms with Gasteiger partial charge in [-0.25, -0.2) is 9.37 Å². The molecule has 0 unspecified atom stereocenters. The van der Waals surface area contributed by atoms with Gasteiger partial charge in [-0.15, -0.1) is 0 Å². The summed E-state index contributed by atoms with van der Waals surface area (Å²) in [6.07, 6.45) is 7.04. The van der Waals surface area contributed by atoms with Crippen molar-refractivity contribution in [2.45, 2.75) is 19.0 Å². The van der Waals surface area contributed by atoms with Crippen LogP contribution in [0.1, 0.15) is 23.2 Å². The van der Waals surface area contributed by atoms with Crippen LogP contribution in [-0.2, 0) is 0 Å². The fourth-order valence-electron chi connectivity index (χ4n) is 3.08. The van der Waals surface area contributed by atoms with E-state index < -0.39 is 6.17 Å². The van der Waals surface area contributed by atoms with Gasteiger partial charge < -0.3 is 4.90 Å². The van der Waals surface area contributed by atoms with Gasteiger partial charge in [-0.1, -0.05) is 0 Å². The van der Waals surface area contributed by atoms with Crippen LogP contribution < -0.4 is 0 Å². The molecule has 4 rings (SSSR count). The Morgan fingerprint density at radius 2 is 2.04 bits per heavy atom. The van der Waals surface area contributed by atoms with Gasteiger partial charge in [-0.05, 0) is 37.1 Å². The number of piperidine rings is 1. The van der Waals surface area contributed by atoms with Crippen molar-refractivity contribution in [3.63, 3.8) is 0 Å². The van der Waals surface area contributed by atoms with Crippen molar-refractivity contribution in [3.05, 3.63) is 54.6 Å². The highest BCUT2D eigenvalue weighted by molar-refractivity contribution is 5.97. The summed E-state index contributed by atoms with van der Waals surface area (Å²) in [6.45, 7) is 0.934. The van der Waals surface area contributed by atoms with E-state index in [1.165, 1.54) is 0 Å². The summed E-state index contributed by atoms with van der Waals surface area (Å²) in [5, 5.41) is 0.894. The molecular weight excluding hydrogens is 307 g/mol. The number of alkyl halides is 1. The summed E-state index contributed by atoms with van der Waals surface area (Å²) in [4.78, 5) is 22.9. The zero-order chi connectivity index (χ0) is 16.5. The van der Waals surface area contributed by atoms with E-state index in [-0.39, 0.29) is 5.91 Å². The molecule has 0 saturated carbocycles. The lowest BCUT2D eigenvalue weighted by Gasteiger charge is -2.28. The number of pyridine rings is 2. The molecule has 3 aromatic heterocycles. The Hall–Kier alpha value is -2.76. The normalized spacial score (nSPS) is 15.8. The van der Waals surface area contributed by atoms with E-state index in [0.717, 1.165) is 16.7 Å². The Labute approximate surface area is 138 Å². The lowest BCUT2D eigenvalue weighted by molar-refractivity contribution is 0.0667. The predicted octanol–water partition coefficient (Wildman–Crippen LogP) is 2.99. The minimum Gasteiger partial charge on any atom is -0.338 e. The van der Waals surface area contributed by atoms with Crippen molar-refractivity contribution in [3.8, 4) is 5.69 Å². The summed E-state index contributed by atoms with van der Waals surface area (Å²) in [5.74, 6) is -0.0783. The Kier molecular flexibility index (Phi) is 3.72. The van der Waals surface area contributed by atoms with Gasteiger partial charge in [0.05, 0.1) is 17.4 Å². The third kappa shape index (κ3) is 2.64. The molecule has 24 heavy (non-hydrogen) atoms. The molecule has 6 heteroatoms. The molecule has 1 aliphatic rings. The summed E-state index contributed by atoms with van der Waals surface area (Å²) in [6, 6.07) is 7.60. The Balaban J connectivity index is 1.64. The molecule has 3 aromatic rings. The SMILES string of the molecule is O=C(c1cnc2c(ccn2-c2cccnc2)c1)N1CCC(F)CC1. The van der Waals surface area contributed by atoms with E-state index in [0.29, 0.717) is 31.5 Å². The fourth-order valence-corrected chi connectivity index (χ4v) is 3.08. The van der Waals surface area contributed by atoms with E-state index in [2.05, 4.69) is 9.97 Å². The molecule has 0 radical (unpaired) electrons. The summed E-state index contributed by atoms with van der Waals surface area (Å²) < 4.78 is 15.2. The quantitative estimate of drug-likeness (QED) is 0.728. The van der Waals surface area contributed by atoms with Crippen LogP contribution in [0, 0.1) is 0 Å². The van der Waals surface area contributed by atoms with Gasteiger partial charge in [-0.3, -0.25) is 14.3 Å². The van der Waals surface area contributed by atoms with Gasteiger partial charge in [0.15, 0.2) is 0 Å². The maximum atomic E-state index is 13.2. The minimum atomic E-state index is -0.789. The molecule has 1 aliphatic heterocycles. The minimum absolute atomic E-state index is 0.0783. The average molecular weight is 324 g/mol. The van der Waals surface area contributed by atoms with Crippen LogP contribution in [0.3, 0.4) is 0 Å².